The van der Waals surface area contributed by atoms with Gasteiger partial charge in [0.25, 0.3) is 0 Å². The molecular formula is C14H19ClN4. The van der Waals surface area contributed by atoms with Gasteiger partial charge in [0, 0.05) is 37.7 Å². The van der Waals surface area contributed by atoms with E-state index in [1.807, 2.05) is 18.2 Å². The molecule has 1 aromatic heterocycles. The molecule has 0 saturated carbocycles. The molecule has 1 aromatic carbocycles. The fourth-order valence-corrected chi connectivity index (χ4v) is 2.88. The summed E-state index contributed by atoms with van der Waals surface area (Å²) < 4.78 is 2.15. The van der Waals surface area contributed by atoms with Gasteiger partial charge in [-0.15, -0.1) is 0 Å². The maximum absolute atomic E-state index is 6.05. The van der Waals surface area contributed by atoms with Gasteiger partial charge in [-0.05, 0) is 25.1 Å². The van der Waals surface area contributed by atoms with Crippen molar-refractivity contribution in [2.75, 3.05) is 19.6 Å². The SMILES string of the molecule is CC1CN(Cc2nc3ccc(Cl)cc3n2C)CCN1. The third-order valence-electron chi connectivity index (χ3n) is 3.75. The van der Waals surface area contributed by atoms with Gasteiger partial charge in [0.2, 0.25) is 0 Å². The van der Waals surface area contributed by atoms with Crippen LogP contribution in [-0.2, 0) is 13.6 Å². The molecule has 3 rings (SSSR count). The fourth-order valence-electron chi connectivity index (χ4n) is 2.71. The second kappa shape index (κ2) is 5.12. The van der Waals surface area contributed by atoms with Crippen LogP contribution in [-0.4, -0.2) is 40.1 Å². The third kappa shape index (κ3) is 2.61. The molecule has 0 amide bonds. The van der Waals surface area contributed by atoms with Crippen molar-refractivity contribution in [1.29, 1.82) is 0 Å². The summed E-state index contributed by atoms with van der Waals surface area (Å²) in [5, 5.41) is 4.22. The van der Waals surface area contributed by atoms with E-state index >= 15 is 0 Å². The van der Waals surface area contributed by atoms with Gasteiger partial charge >= 0.3 is 0 Å². The molecule has 1 unspecified atom stereocenters. The summed E-state index contributed by atoms with van der Waals surface area (Å²) in [5.74, 6) is 1.10. The molecule has 4 nitrogen and oxygen atoms in total. The summed E-state index contributed by atoms with van der Waals surface area (Å²) in [6.07, 6.45) is 0. The average Bonchev–Trinajstić information content (AvgIpc) is 2.67. The summed E-state index contributed by atoms with van der Waals surface area (Å²) in [7, 11) is 2.06. The largest absolute Gasteiger partial charge is 0.330 e. The van der Waals surface area contributed by atoms with Gasteiger partial charge in [-0.1, -0.05) is 11.6 Å². The minimum atomic E-state index is 0.554. The van der Waals surface area contributed by atoms with Crippen molar-refractivity contribution in [2.45, 2.75) is 19.5 Å². The molecule has 0 spiro atoms. The second-order valence-electron chi connectivity index (χ2n) is 5.31. The normalized spacial score (nSPS) is 21.1. The fraction of sp³-hybridized carbons (Fsp3) is 0.500. The average molecular weight is 279 g/mol. The van der Waals surface area contributed by atoms with Crippen molar-refractivity contribution >= 4 is 22.6 Å². The molecule has 1 N–H and O–H groups in total. The van der Waals surface area contributed by atoms with E-state index in [-0.39, 0.29) is 0 Å². The number of nitrogens with zero attached hydrogens (tertiary/aromatic N) is 3. The number of aromatic nitrogens is 2. The van der Waals surface area contributed by atoms with Crippen LogP contribution in [0.1, 0.15) is 12.7 Å². The van der Waals surface area contributed by atoms with E-state index in [1.54, 1.807) is 0 Å². The van der Waals surface area contributed by atoms with Crippen molar-refractivity contribution in [3.05, 3.63) is 29.0 Å². The quantitative estimate of drug-likeness (QED) is 0.912. The zero-order valence-electron chi connectivity index (χ0n) is 11.4. The zero-order valence-corrected chi connectivity index (χ0v) is 12.1. The lowest BCUT2D eigenvalue weighted by Gasteiger charge is -2.31. The molecule has 1 atom stereocenters. The molecule has 2 heterocycles. The standard InChI is InChI=1S/C14H19ClN4/c1-10-8-19(6-5-16-10)9-14-17-12-4-3-11(15)7-13(12)18(14)2/h3-4,7,10,16H,5-6,8-9H2,1-2H3. The van der Waals surface area contributed by atoms with E-state index in [4.69, 9.17) is 16.6 Å². The molecular weight excluding hydrogens is 260 g/mol. The van der Waals surface area contributed by atoms with Crippen LogP contribution in [0, 0.1) is 0 Å². The highest BCUT2D eigenvalue weighted by atomic mass is 35.5. The first-order valence-electron chi connectivity index (χ1n) is 6.70. The van der Waals surface area contributed by atoms with Gasteiger partial charge in [-0.3, -0.25) is 4.90 Å². The zero-order chi connectivity index (χ0) is 13.4. The minimum absolute atomic E-state index is 0.554. The number of rotatable bonds is 2. The number of aryl methyl sites for hydroxylation is 1. The van der Waals surface area contributed by atoms with Crippen molar-refractivity contribution in [2.24, 2.45) is 7.05 Å². The molecule has 2 aromatic rings. The second-order valence-corrected chi connectivity index (χ2v) is 5.75. The molecule has 19 heavy (non-hydrogen) atoms. The Hall–Kier alpha value is -1.10. The van der Waals surface area contributed by atoms with E-state index in [9.17, 15) is 0 Å². The lowest BCUT2D eigenvalue weighted by Crippen LogP contribution is -2.48. The van der Waals surface area contributed by atoms with Crippen molar-refractivity contribution in [1.82, 2.24) is 19.8 Å². The van der Waals surface area contributed by atoms with Crippen LogP contribution in [0.5, 0.6) is 0 Å². The lowest BCUT2D eigenvalue weighted by atomic mass is 10.2. The van der Waals surface area contributed by atoms with E-state index in [0.29, 0.717) is 6.04 Å². The monoisotopic (exact) mass is 278 g/mol. The van der Waals surface area contributed by atoms with Crippen LogP contribution in [0.4, 0.5) is 0 Å². The number of benzene rings is 1. The molecule has 0 radical (unpaired) electrons. The van der Waals surface area contributed by atoms with Crippen LogP contribution >= 0.6 is 11.6 Å². The smallest absolute Gasteiger partial charge is 0.123 e. The van der Waals surface area contributed by atoms with E-state index < -0.39 is 0 Å². The molecule has 1 aliphatic heterocycles. The summed E-state index contributed by atoms with van der Waals surface area (Å²) in [5.41, 5.74) is 2.12. The van der Waals surface area contributed by atoms with Crippen LogP contribution < -0.4 is 5.32 Å². The van der Waals surface area contributed by atoms with Gasteiger partial charge < -0.3 is 9.88 Å². The Labute approximate surface area is 118 Å². The number of nitrogens with one attached hydrogen (secondary N) is 1. The highest BCUT2D eigenvalue weighted by molar-refractivity contribution is 6.31. The first-order chi connectivity index (χ1) is 9.13. The number of fused-ring (bicyclic) bond motifs is 1. The number of piperazine rings is 1. The molecule has 0 bridgehead atoms. The Balaban J connectivity index is 1.86. The van der Waals surface area contributed by atoms with Crippen LogP contribution in [0.25, 0.3) is 11.0 Å². The number of hydrogen-bond donors (Lipinski definition) is 1. The van der Waals surface area contributed by atoms with Gasteiger partial charge in [-0.25, -0.2) is 4.98 Å². The van der Waals surface area contributed by atoms with Crippen molar-refractivity contribution in [3.8, 4) is 0 Å². The van der Waals surface area contributed by atoms with E-state index in [2.05, 4.69) is 28.8 Å². The predicted octanol–water partition coefficient (Wildman–Crippen LogP) is 2.02. The number of imidazole rings is 1. The minimum Gasteiger partial charge on any atom is -0.330 e. The van der Waals surface area contributed by atoms with Crippen molar-refractivity contribution in [3.63, 3.8) is 0 Å². The molecule has 1 saturated heterocycles. The lowest BCUT2D eigenvalue weighted by molar-refractivity contribution is 0.194. The maximum atomic E-state index is 6.05. The van der Waals surface area contributed by atoms with Crippen molar-refractivity contribution < 1.29 is 0 Å². The summed E-state index contributed by atoms with van der Waals surface area (Å²) in [6, 6.07) is 6.42. The van der Waals surface area contributed by atoms with E-state index in [1.165, 1.54) is 0 Å². The van der Waals surface area contributed by atoms with Crippen LogP contribution in [0.15, 0.2) is 18.2 Å². The third-order valence-corrected chi connectivity index (χ3v) is 3.99. The summed E-state index contributed by atoms with van der Waals surface area (Å²) >= 11 is 6.05. The molecule has 1 fully saturated rings. The summed E-state index contributed by atoms with van der Waals surface area (Å²) in [4.78, 5) is 7.16. The summed E-state index contributed by atoms with van der Waals surface area (Å²) in [6.45, 7) is 6.32. The van der Waals surface area contributed by atoms with Gasteiger partial charge in [0.05, 0.1) is 17.6 Å². The van der Waals surface area contributed by atoms with E-state index in [0.717, 1.165) is 48.1 Å². The topological polar surface area (TPSA) is 33.1 Å². The Morgan fingerprint density at radius 2 is 2.32 bits per heavy atom. The molecule has 1 aliphatic rings. The molecule has 0 aliphatic carbocycles. The van der Waals surface area contributed by atoms with Crippen LogP contribution in [0.3, 0.4) is 0 Å². The highest BCUT2D eigenvalue weighted by Crippen LogP contribution is 2.20. The maximum Gasteiger partial charge on any atom is 0.123 e. The van der Waals surface area contributed by atoms with Crippen LogP contribution in [0.2, 0.25) is 5.02 Å². The Kier molecular flexibility index (Phi) is 3.48. The number of halogens is 1. The molecule has 5 heteroatoms. The Morgan fingerprint density at radius 1 is 1.47 bits per heavy atom. The highest BCUT2D eigenvalue weighted by Gasteiger charge is 2.18. The van der Waals surface area contributed by atoms with Gasteiger partial charge in [0.1, 0.15) is 5.82 Å². The Morgan fingerprint density at radius 3 is 3.11 bits per heavy atom. The van der Waals surface area contributed by atoms with Gasteiger partial charge in [0.15, 0.2) is 0 Å². The number of hydrogen-bond acceptors (Lipinski definition) is 3. The predicted molar refractivity (Wildman–Crippen MR) is 78.5 cm³/mol. The Bertz CT molecular complexity index is 592. The first kappa shape index (κ1) is 12.9. The molecule has 102 valence electrons. The first-order valence-corrected chi connectivity index (χ1v) is 7.08. The van der Waals surface area contributed by atoms with Gasteiger partial charge in [-0.2, -0.15) is 0 Å².